The van der Waals surface area contributed by atoms with E-state index in [4.69, 9.17) is 4.52 Å². The molecule has 1 aliphatic heterocycles. The van der Waals surface area contributed by atoms with Crippen molar-refractivity contribution in [2.24, 2.45) is 13.0 Å². The van der Waals surface area contributed by atoms with Crippen LogP contribution < -0.4 is 0 Å². The fraction of sp³-hybridized carbons (Fsp3) is 0.647. The Hall–Kier alpha value is -2.18. The molecule has 0 N–H and O–H groups in total. The van der Waals surface area contributed by atoms with E-state index >= 15 is 0 Å². The maximum atomic E-state index is 12.9. The van der Waals surface area contributed by atoms with Crippen LogP contribution in [0.25, 0.3) is 0 Å². The van der Waals surface area contributed by atoms with Gasteiger partial charge in [-0.1, -0.05) is 5.16 Å². The molecule has 0 radical (unpaired) electrons. The van der Waals surface area contributed by atoms with Crippen LogP contribution in [0.15, 0.2) is 16.9 Å². The number of carbonyl (C=O) groups is 1. The van der Waals surface area contributed by atoms with E-state index in [1.165, 1.54) is 5.56 Å². The standard InChI is InChI=1S/C17H21N5O2/c1-21-9-11(8-18-21)12-7-13(12)17(23)22-6-2-3-14(22)15-19-16(24-20-15)10-4-5-10/h8-10,12-14H,2-7H2,1H3/t12-,13+,14-/m0/s1. The Balaban J connectivity index is 1.31. The first-order valence-corrected chi connectivity index (χ1v) is 8.83. The van der Waals surface area contributed by atoms with E-state index in [2.05, 4.69) is 15.2 Å². The predicted octanol–water partition coefficient (Wildman–Crippen LogP) is 2.15. The van der Waals surface area contributed by atoms with Crippen molar-refractivity contribution < 1.29 is 9.32 Å². The average Bonchev–Trinajstić information content (AvgIpc) is 3.42. The van der Waals surface area contributed by atoms with E-state index in [1.807, 2.05) is 24.3 Å². The van der Waals surface area contributed by atoms with Gasteiger partial charge in [0.1, 0.15) is 0 Å². The van der Waals surface area contributed by atoms with Crippen LogP contribution in [0.4, 0.5) is 0 Å². The van der Waals surface area contributed by atoms with Crippen LogP contribution in [0.2, 0.25) is 0 Å². The molecule has 0 bridgehead atoms. The average molecular weight is 327 g/mol. The van der Waals surface area contributed by atoms with Gasteiger partial charge in [0.2, 0.25) is 11.8 Å². The van der Waals surface area contributed by atoms with Crippen molar-refractivity contribution >= 4 is 5.91 Å². The fourth-order valence-corrected chi connectivity index (χ4v) is 3.86. The van der Waals surface area contributed by atoms with Crippen LogP contribution in [0, 0.1) is 5.92 Å². The maximum absolute atomic E-state index is 12.9. The second kappa shape index (κ2) is 5.16. The van der Waals surface area contributed by atoms with Crippen LogP contribution in [0.1, 0.15) is 67.3 Å². The second-order valence-corrected chi connectivity index (χ2v) is 7.35. The lowest BCUT2D eigenvalue weighted by Crippen LogP contribution is -2.32. The van der Waals surface area contributed by atoms with Crippen molar-refractivity contribution in [3.05, 3.63) is 29.7 Å². The van der Waals surface area contributed by atoms with Gasteiger partial charge >= 0.3 is 0 Å². The number of carbonyl (C=O) groups excluding carboxylic acids is 1. The summed E-state index contributed by atoms with van der Waals surface area (Å²) in [6.45, 7) is 0.799. The van der Waals surface area contributed by atoms with Crippen LogP contribution in [0.5, 0.6) is 0 Å². The number of nitrogens with zero attached hydrogens (tertiary/aromatic N) is 5. The molecule has 24 heavy (non-hydrogen) atoms. The Labute approximate surface area is 140 Å². The summed E-state index contributed by atoms with van der Waals surface area (Å²) in [5, 5.41) is 8.38. The number of hydrogen-bond acceptors (Lipinski definition) is 5. The van der Waals surface area contributed by atoms with E-state index in [1.54, 1.807) is 4.68 Å². The number of hydrogen-bond donors (Lipinski definition) is 0. The monoisotopic (exact) mass is 327 g/mol. The van der Waals surface area contributed by atoms with Crippen molar-refractivity contribution in [2.45, 2.75) is 50.0 Å². The molecule has 2 aromatic heterocycles. The highest BCUT2D eigenvalue weighted by atomic mass is 16.5. The third-order valence-corrected chi connectivity index (χ3v) is 5.48. The van der Waals surface area contributed by atoms with Gasteiger partial charge in [0.15, 0.2) is 5.82 Å². The summed E-state index contributed by atoms with van der Waals surface area (Å²) in [6.07, 6.45) is 9.04. The third-order valence-electron chi connectivity index (χ3n) is 5.48. The number of rotatable bonds is 4. The molecule has 3 heterocycles. The highest BCUT2D eigenvalue weighted by Crippen LogP contribution is 2.50. The SMILES string of the molecule is Cn1cc([C@@H]2C[C@H]2C(=O)N2CCC[C@H]2c2noc(C3CC3)n2)cn1. The number of aromatic nitrogens is 4. The lowest BCUT2D eigenvalue weighted by atomic mass is 10.1. The van der Waals surface area contributed by atoms with Gasteiger partial charge in [-0.15, -0.1) is 0 Å². The quantitative estimate of drug-likeness (QED) is 0.860. The predicted molar refractivity (Wildman–Crippen MR) is 84.0 cm³/mol. The summed E-state index contributed by atoms with van der Waals surface area (Å²) in [6, 6.07) is -0.0103. The zero-order valence-corrected chi connectivity index (χ0v) is 13.8. The molecule has 2 aromatic rings. The van der Waals surface area contributed by atoms with E-state index < -0.39 is 0 Å². The molecular formula is C17H21N5O2. The van der Waals surface area contributed by atoms with Gasteiger partial charge in [-0.2, -0.15) is 10.1 Å². The maximum Gasteiger partial charge on any atom is 0.229 e. The van der Waals surface area contributed by atoms with Gasteiger partial charge in [0.05, 0.1) is 12.2 Å². The summed E-state index contributed by atoms with van der Waals surface area (Å²) in [5.41, 5.74) is 1.17. The van der Waals surface area contributed by atoms with Gasteiger partial charge in [0, 0.05) is 31.6 Å². The van der Waals surface area contributed by atoms with Gasteiger partial charge in [0.25, 0.3) is 0 Å². The minimum Gasteiger partial charge on any atom is -0.339 e. The Bertz CT molecular complexity index is 778. The molecule has 5 rings (SSSR count). The molecular weight excluding hydrogens is 306 g/mol. The lowest BCUT2D eigenvalue weighted by Gasteiger charge is -2.22. The van der Waals surface area contributed by atoms with Crippen molar-refractivity contribution in [3.63, 3.8) is 0 Å². The van der Waals surface area contributed by atoms with Gasteiger partial charge in [-0.3, -0.25) is 9.48 Å². The molecule has 3 aliphatic rings. The Morgan fingerprint density at radius 2 is 2.21 bits per heavy atom. The minimum atomic E-state index is -0.0103. The minimum absolute atomic E-state index is 0.0103. The molecule has 0 aromatic carbocycles. The largest absolute Gasteiger partial charge is 0.339 e. The summed E-state index contributed by atoms with van der Waals surface area (Å²) in [4.78, 5) is 19.5. The molecule has 7 nitrogen and oxygen atoms in total. The van der Waals surface area contributed by atoms with Crippen molar-refractivity contribution in [1.82, 2.24) is 24.8 Å². The molecule has 1 amide bonds. The van der Waals surface area contributed by atoms with Crippen molar-refractivity contribution in [1.29, 1.82) is 0 Å². The van der Waals surface area contributed by atoms with Crippen LogP contribution in [-0.2, 0) is 11.8 Å². The van der Waals surface area contributed by atoms with Crippen LogP contribution in [-0.4, -0.2) is 37.3 Å². The van der Waals surface area contributed by atoms with Gasteiger partial charge < -0.3 is 9.42 Å². The molecule has 2 aliphatic carbocycles. The zero-order chi connectivity index (χ0) is 16.3. The van der Waals surface area contributed by atoms with E-state index in [-0.39, 0.29) is 17.9 Å². The fourth-order valence-electron chi connectivity index (χ4n) is 3.86. The molecule has 126 valence electrons. The molecule has 0 unspecified atom stereocenters. The first-order valence-electron chi connectivity index (χ1n) is 8.83. The molecule has 2 saturated carbocycles. The lowest BCUT2D eigenvalue weighted by molar-refractivity contribution is -0.133. The Morgan fingerprint density at radius 3 is 2.96 bits per heavy atom. The number of aryl methyl sites for hydroxylation is 1. The normalized spacial score (nSPS) is 29.2. The van der Waals surface area contributed by atoms with Crippen molar-refractivity contribution in [3.8, 4) is 0 Å². The highest BCUT2D eigenvalue weighted by molar-refractivity contribution is 5.83. The smallest absolute Gasteiger partial charge is 0.229 e. The third kappa shape index (κ3) is 2.34. The van der Waals surface area contributed by atoms with Gasteiger partial charge in [-0.25, -0.2) is 0 Å². The number of amides is 1. The molecule has 0 spiro atoms. The van der Waals surface area contributed by atoms with Crippen LogP contribution >= 0.6 is 0 Å². The summed E-state index contributed by atoms with van der Waals surface area (Å²) in [7, 11) is 1.91. The Morgan fingerprint density at radius 1 is 1.33 bits per heavy atom. The van der Waals surface area contributed by atoms with Crippen molar-refractivity contribution in [2.75, 3.05) is 6.54 Å². The topological polar surface area (TPSA) is 77.0 Å². The molecule has 1 saturated heterocycles. The highest BCUT2D eigenvalue weighted by Gasteiger charge is 2.49. The zero-order valence-electron chi connectivity index (χ0n) is 13.8. The van der Waals surface area contributed by atoms with Crippen LogP contribution in [0.3, 0.4) is 0 Å². The second-order valence-electron chi connectivity index (χ2n) is 7.35. The molecule has 3 fully saturated rings. The summed E-state index contributed by atoms with van der Waals surface area (Å²) in [5.74, 6) is 2.55. The Kier molecular flexibility index (Phi) is 3.05. The van der Waals surface area contributed by atoms with E-state index in [0.717, 1.165) is 44.5 Å². The van der Waals surface area contributed by atoms with E-state index in [9.17, 15) is 4.79 Å². The summed E-state index contributed by atoms with van der Waals surface area (Å²) >= 11 is 0. The number of likely N-dealkylation sites (tertiary alicyclic amines) is 1. The summed E-state index contributed by atoms with van der Waals surface area (Å²) < 4.78 is 7.19. The first-order chi connectivity index (χ1) is 11.7. The molecule has 3 atom stereocenters. The molecule has 7 heteroatoms. The van der Waals surface area contributed by atoms with E-state index in [0.29, 0.717) is 17.7 Å². The first kappa shape index (κ1) is 14.2. The van der Waals surface area contributed by atoms with Gasteiger partial charge in [-0.05, 0) is 43.6 Å².